The minimum atomic E-state index is -0.601. The highest BCUT2D eigenvalue weighted by Gasteiger charge is 2.03. The van der Waals surface area contributed by atoms with Crippen LogP contribution in [-0.2, 0) is 0 Å². The molecular weight excluding hydrogens is 186 g/mol. The van der Waals surface area contributed by atoms with Gasteiger partial charge in [0.05, 0.1) is 11.6 Å². The fourth-order valence-corrected chi connectivity index (χ4v) is 1.57. The zero-order valence-electron chi connectivity index (χ0n) is 8.64. The van der Waals surface area contributed by atoms with Gasteiger partial charge < -0.3 is 5.11 Å². The minimum Gasteiger partial charge on any atom is -0.384 e. The summed E-state index contributed by atoms with van der Waals surface area (Å²) in [6, 6.07) is 9.71. The molecular formula is C13H13NO. The molecule has 0 radical (unpaired) electrons. The SMILES string of the molecule is C=CC(O)c1ccc2nc(C)ccc2c1. The normalized spacial score (nSPS) is 12.7. The second-order valence-electron chi connectivity index (χ2n) is 3.59. The molecule has 15 heavy (non-hydrogen) atoms. The van der Waals surface area contributed by atoms with E-state index >= 15 is 0 Å². The molecule has 1 unspecified atom stereocenters. The predicted molar refractivity (Wildman–Crippen MR) is 61.6 cm³/mol. The van der Waals surface area contributed by atoms with Crippen LogP contribution in [0.1, 0.15) is 17.4 Å². The summed E-state index contributed by atoms with van der Waals surface area (Å²) in [6.07, 6.45) is 0.915. The van der Waals surface area contributed by atoms with Crippen molar-refractivity contribution in [3.63, 3.8) is 0 Å². The van der Waals surface area contributed by atoms with E-state index in [1.54, 1.807) is 0 Å². The molecule has 0 spiro atoms. The molecule has 0 saturated heterocycles. The standard InChI is InChI=1S/C13H13NO/c1-3-13(15)11-6-7-12-10(8-11)5-4-9(2)14-12/h3-8,13,15H,1H2,2H3. The molecule has 0 fully saturated rings. The number of fused-ring (bicyclic) bond motifs is 1. The maximum absolute atomic E-state index is 9.60. The van der Waals surface area contributed by atoms with E-state index < -0.39 is 6.10 Å². The van der Waals surface area contributed by atoms with Gasteiger partial charge in [-0.15, -0.1) is 6.58 Å². The van der Waals surface area contributed by atoms with E-state index in [-0.39, 0.29) is 0 Å². The van der Waals surface area contributed by atoms with Crippen molar-refractivity contribution in [3.05, 3.63) is 54.2 Å². The highest BCUT2D eigenvalue weighted by molar-refractivity contribution is 5.79. The molecule has 2 nitrogen and oxygen atoms in total. The number of aliphatic hydroxyl groups is 1. The highest BCUT2D eigenvalue weighted by Crippen LogP contribution is 2.20. The Morgan fingerprint density at radius 3 is 2.87 bits per heavy atom. The van der Waals surface area contributed by atoms with Crippen molar-refractivity contribution in [2.24, 2.45) is 0 Å². The predicted octanol–water partition coefficient (Wildman–Crippen LogP) is 2.76. The largest absolute Gasteiger partial charge is 0.384 e. The molecule has 0 aliphatic rings. The van der Waals surface area contributed by atoms with Crippen molar-refractivity contribution in [2.45, 2.75) is 13.0 Å². The van der Waals surface area contributed by atoms with Crippen molar-refractivity contribution in [1.29, 1.82) is 0 Å². The van der Waals surface area contributed by atoms with Gasteiger partial charge in [0.25, 0.3) is 0 Å². The van der Waals surface area contributed by atoms with Crippen LogP contribution in [0.4, 0.5) is 0 Å². The lowest BCUT2D eigenvalue weighted by atomic mass is 10.1. The Bertz CT molecular complexity index is 505. The van der Waals surface area contributed by atoms with Crippen molar-refractivity contribution in [3.8, 4) is 0 Å². The molecule has 0 aliphatic heterocycles. The van der Waals surface area contributed by atoms with Crippen LogP contribution in [0.15, 0.2) is 43.0 Å². The van der Waals surface area contributed by atoms with Gasteiger partial charge in [-0.2, -0.15) is 0 Å². The van der Waals surface area contributed by atoms with Crippen molar-refractivity contribution < 1.29 is 5.11 Å². The Hall–Kier alpha value is -1.67. The van der Waals surface area contributed by atoms with Gasteiger partial charge in [-0.05, 0) is 30.7 Å². The molecule has 1 heterocycles. The smallest absolute Gasteiger partial charge is 0.0969 e. The Kier molecular flexibility index (Phi) is 2.52. The van der Waals surface area contributed by atoms with Crippen LogP contribution in [0.25, 0.3) is 10.9 Å². The van der Waals surface area contributed by atoms with E-state index in [1.807, 2.05) is 37.3 Å². The van der Waals surface area contributed by atoms with Crippen LogP contribution >= 0.6 is 0 Å². The topological polar surface area (TPSA) is 33.1 Å². The molecule has 1 atom stereocenters. The second-order valence-corrected chi connectivity index (χ2v) is 3.59. The molecule has 1 aromatic heterocycles. The molecule has 0 bridgehead atoms. The van der Waals surface area contributed by atoms with Crippen LogP contribution in [-0.4, -0.2) is 10.1 Å². The number of aryl methyl sites for hydroxylation is 1. The van der Waals surface area contributed by atoms with Gasteiger partial charge >= 0.3 is 0 Å². The summed E-state index contributed by atoms with van der Waals surface area (Å²) in [6.45, 7) is 5.53. The molecule has 2 heteroatoms. The fraction of sp³-hybridized carbons (Fsp3) is 0.154. The van der Waals surface area contributed by atoms with Gasteiger partial charge in [0.15, 0.2) is 0 Å². The maximum Gasteiger partial charge on any atom is 0.0969 e. The van der Waals surface area contributed by atoms with E-state index in [2.05, 4.69) is 11.6 Å². The zero-order chi connectivity index (χ0) is 10.8. The first-order valence-corrected chi connectivity index (χ1v) is 4.88. The van der Waals surface area contributed by atoms with Crippen LogP contribution in [0.2, 0.25) is 0 Å². The van der Waals surface area contributed by atoms with Crippen molar-refractivity contribution in [1.82, 2.24) is 4.98 Å². The molecule has 1 N–H and O–H groups in total. The average molecular weight is 199 g/mol. The number of pyridine rings is 1. The minimum absolute atomic E-state index is 0.601. The van der Waals surface area contributed by atoms with Gasteiger partial charge in [-0.3, -0.25) is 4.98 Å². The third-order valence-electron chi connectivity index (χ3n) is 2.42. The quantitative estimate of drug-likeness (QED) is 0.754. The van der Waals surface area contributed by atoms with Crippen LogP contribution in [0.3, 0.4) is 0 Å². The first kappa shape index (κ1) is 9.87. The number of hydrogen-bond acceptors (Lipinski definition) is 2. The first-order valence-electron chi connectivity index (χ1n) is 4.88. The van der Waals surface area contributed by atoms with Gasteiger partial charge in [-0.1, -0.05) is 18.2 Å². The lowest BCUT2D eigenvalue weighted by Gasteiger charge is -2.06. The van der Waals surface area contributed by atoms with E-state index in [0.717, 1.165) is 22.2 Å². The second kappa shape index (κ2) is 3.83. The third-order valence-corrected chi connectivity index (χ3v) is 2.42. The van der Waals surface area contributed by atoms with Gasteiger partial charge in [0.1, 0.15) is 0 Å². The van der Waals surface area contributed by atoms with Gasteiger partial charge in [0, 0.05) is 11.1 Å². The number of aliphatic hydroxyl groups excluding tert-OH is 1. The van der Waals surface area contributed by atoms with E-state index in [0.29, 0.717) is 0 Å². The summed E-state index contributed by atoms with van der Waals surface area (Å²) >= 11 is 0. The van der Waals surface area contributed by atoms with E-state index in [1.165, 1.54) is 6.08 Å². The summed E-state index contributed by atoms with van der Waals surface area (Å²) < 4.78 is 0. The lowest BCUT2D eigenvalue weighted by Crippen LogP contribution is -1.92. The molecule has 0 saturated carbocycles. The Morgan fingerprint density at radius 2 is 2.13 bits per heavy atom. The summed E-state index contributed by atoms with van der Waals surface area (Å²) in [5.74, 6) is 0. The molecule has 1 aromatic carbocycles. The summed E-state index contributed by atoms with van der Waals surface area (Å²) in [7, 11) is 0. The summed E-state index contributed by atoms with van der Waals surface area (Å²) in [5, 5.41) is 10.6. The molecule has 76 valence electrons. The molecule has 0 aliphatic carbocycles. The Labute approximate surface area is 88.9 Å². The number of nitrogens with zero attached hydrogens (tertiary/aromatic N) is 1. The molecule has 2 rings (SSSR count). The van der Waals surface area contributed by atoms with Gasteiger partial charge in [-0.25, -0.2) is 0 Å². The van der Waals surface area contributed by atoms with Crippen LogP contribution in [0.5, 0.6) is 0 Å². The van der Waals surface area contributed by atoms with Gasteiger partial charge in [0.2, 0.25) is 0 Å². The Morgan fingerprint density at radius 1 is 1.33 bits per heavy atom. The number of rotatable bonds is 2. The van der Waals surface area contributed by atoms with Crippen molar-refractivity contribution in [2.75, 3.05) is 0 Å². The van der Waals surface area contributed by atoms with E-state index in [4.69, 9.17) is 0 Å². The summed E-state index contributed by atoms with van der Waals surface area (Å²) in [4.78, 5) is 4.39. The summed E-state index contributed by atoms with van der Waals surface area (Å²) in [5.41, 5.74) is 2.80. The monoisotopic (exact) mass is 199 g/mol. The zero-order valence-corrected chi connectivity index (χ0v) is 8.64. The number of benzene rings is 1. The van der Waals surface area contributed by atoms with Crippen molar-refractivity contribution >= 4 is 10.9 Å². The van der Waals surface area contributed by atoms with E-state index in [9.17, 15) is 5.11 Å². The highest BCUT2D eigenvalue weighted by atomic mass is 16.3. The molecule has 2 aromatic rings. The van der Waals surface area contributed by atoms with Crippen LogP contribution < -0.4 is 0 Å². The van der Waals surface area contributed by atoms with Crippen LogP contribution in [0, 0.1) is 6.92 Å². The number of aromatic nitrogens is 1. The first-order chi connectivity index (χ1) is 7.20. The Balaban J connectivity index is 2.56. The lowest BCUT2D eigenvalue weighted by molar-refractivity contribution is 0.229. The average Bonchev–Trinajstić information content (AvgIpc) is 2.27. The third kappa shape index (κ3) is 1.90. The number of hydrogen-bond donors (Lipinski definition) is 1. The maximum atomic E-state index is 9.60. The fourth-order valence-electron chi connectivity index (χ4n) is 1.57. The molecule has 0 amide bonds.